The summed E-state index contributed by atoms with van der Waals surface area (Å²) in [5.74, 6) is -0.291. The van der Waals surface area contributed by atoms with Crippen LogP contribution >= 0.6 is 11.3 Å². The van der Waals surface area contributed by atoms with Gasteiger partial charge in [0.2, 0.25) is 0 Å². The summed E-state index contributed by atoms with van der Waals surface area (Å²) in [5.41, 5.74) is 8.74. The van der Waals surface area contributed by atoms with Gasteiger partial charge in [-0.1, -0.05) is 12.1 Å². The van der Waals surface area contributed by atoms with E-state index in [9.17, 15) is 4.39 Å². The molecule has 90 valence electrons. The Morgan fingerprint density at radius 1 is 1.22 bits per heavy atom. The average molecular weight is 258 g/mol. The average Bonchev–Trinajstić information content (AvgIpc) is 2.77. The fourth-order valence-corrected chi connectivity index (χ4v) is 2.97. The van der Waals surface area contributed by atoms with Gasteiger partial charge in [0.1, 0.15) is 10.8 Å². The molecule has 3 rings (SSSR count). The smallest absolute Gasteiger partial charge is 0.133 e. The number of nitrogens with zero attached hydrogens (tertiary/aromatic N) is 1. The maximum absolute atomic E-state index is 13.8. The normalized spacial score (nSPS) is 11.0. The predicted octanol–water partition coefficient (Wildman–Crippen LogP) is 3.99. The highest BCUT2D eigenvalue weighted by atomic mass is 32.1. The summed E-state index contributed by atoms with van der Waals surface area (Å²) in [6.45, 7) is 2.00. The first-order chi connectivity index (χ1) is 8.65. The molecule has 0 atom stereocenters. The SMILES string of the molecule is Cc1cccc2sc(-c3cc(N)ccc3F)nc12. The van der Waals surface area contributed by atoms with Gasteiger partial charge in [-0.05, 0) is 36.8 Å². The molecule has 0 spiro atoms. The van der Waals surface area contributed by atoms with Crippen LogP contribution in [0.3, 0.4) is 0 Å². The van der Waals surface area contributed by atoms with E-state index in [0.717, 1.165) is 15.8 Å². The summed E-state index contributed by atoms with van der Waals surface area (Å²) >= 11 is 1.48. The van der Waals surface area contributed by atoms with Crippen LogP contribution in [0.4, 0.5) is 10.1 Å². The van der Waals surface area contributed by atoms with Gasteiger partial charge >= 0.3 is 0 Å². The second kappa shape index (κ2) is 4.07. The van der Waals surface area contributed by atoms with Crippen LogP contribution in [0.15, 0.2) is 36.4 Å². The molecule has 3 aromatic rings. The number of nitrogen functional groups attached to an aromatic ring is 1. The highest BCUT2D eigenvalue weighted by molar-refractivity contribution is 7.21. The van der Waals surface area contributed by atoms with Gasteiger partial charge in [0.25, 0.3) is 0 Å². The lowest BCUT2D eigenvalue weighted by Crippen LogP contribution is -1.89. The molecule has 0 aliphatic carbocycles. The van der Waals surface area contributed by atoms with Crippen molar-refractivity contribution in [2.45, 2.75) is 6.92 Å². The number of anilines is 1. The third-order valence-corrected chi connectivity index (χ3v) is 3.90. The van der Waals surface area contributed by atoms with E-state index in [-0.39, 0.29) is 5.82 Å². The Morgan fingerprint density at radius 3 is 2.83 bits per heavy atom. The summed E-state index contributed by atoms with van der Waals surface area (Å²) in [4.78, 5) is 4.51. The molecular weight excluding hydrogens is 247 g/mol. The van der Waals surface area contributed by atoms with Crippen molar-refractivity contribution in [2.24, 2.45) is 0 Å². The van der Waals surface area contributed by atoms with Crippen LogP contribution in [0.5, 0.6) is 0 Å². The van der Waals surface area contributed by atoms with Crippen LogP contribution in [-0.2, 0) is 0 Å². The number of hydrogen-bond acceptors (Lipinski definition) is 3. The van der Waals surface area contributed by atoms with Gasteiger partial charge in [0.05, 0.1) is 10.2 Å². The Hall–Kier alpha value is -1.94. The molecular formula is C14H11FN2S. The van der Waals surface area contributed by atoms with Crippen molar-refractivity contribution in [2.75, 3.05) is 5.73 Å². The van der Waals surface area contributed by atoms with E-state index >= 15 is 0 Å². The third kappa shape index (κ3) is 1.75. The van der Waals surface area contributed by atoms with E-state index in [2.05, 4.69) is 4.98 Å². The molecule has 0 saturated carbocycles. The largest absolute Gasteiger partial charge is 0.399 e. The van der Waals surface area contributed by atoms with Crippen LogP contribution in [0.2, 0.25) is 0 Å². The number of nitrogens with two attached hydrogens (primary N) is 1. The molecule has 0 aliphatic heterocycles. The standard InChI is InChI=1S/C14H11FN2S/c1-8-3-2-4-12-13(8)17-14(18-12)10-7-9(16)5-6-11(10)15/h2-7H,16H2,1H3. The van der Waals surface area contributed by atoms with Crippen LogP contribution in [0.25, 0.3) is 20.8 Å². The molecule has 2 nitrogen and oxygen atoms in total. The maximum Gasteiger partial charge on any atom is 0.133 e. The molecule has 0 saturated heterocycles. The fourth-order valence-electron chi connectivity index (χ4n) is 1.91. The van der Waals surface area contributed by atoms with E-state index in [4.69, 9.17) is 5.73 Å². The Balaban J connectivity index is 2.26. The maximum atomic E-state index is 13.8. The van der Waals surface area contributed by atoms with Gasteiger partial charge in [0, 0.05) is 11.3 Å². The number of hydrogen-bond donors (Lipinski definition) is 1. The summed E-state index contributed by atoms with van der Waals surface area (Å²) < 4.78 is 14.9. The lowest BCUT2D eigenvalue weighted by molar-refractivity contribution is 0.631. The second-order valence-corrected chi connectivity index (χ2v) is 5.21. The second-order valence-electron chi connectivity index (χ2n) is 4.18. The molecule has 0 amide bonds. The van der Waals surface area contributed by atoms with Gasteiger partial charge in [-0.2, -0.15) is 0 Å². The lowest BCUT2D eigenvalue weighted by atomic mass is 10.2. The zero-order valence-corrected chi connectivity index (χ0v) is 10.6. The number of aromatic nitrogens is 1. The molecule has 0 bridgehead atoms. The van der Waals surface area contributed by atoms with E-state index in [1.165, 1.54) is 17.4 Å². The van der Waals surface area contributed by atoms with Crippen molar-refractivity contribution in [3.8, 4) is 10.6 Å². The van der Waals surface area contributed by atoms with E-state index < -0.39 is 0 Å². The topological polar surface area (TPSA) is 38.9 Å². The van der Waals surface area contributed by atoms with Crippen molar-refractivity contribution >= 4 is 27.2 Å². The van der Waals surface area contributed by atoms with Crippen molar-refractivity contribution in [3.05, 3.63) is 47.8 Å². The Labute approximate surface area is 108 Å². The number of para-hydroxylation sites is 1. The minimum absolute atomic E-state index is 0.291. The molecule has 4 heteroatoms. The molecule has 2 N–H and O–H groups in total. The molecule has 0 radical (unpaired) electrons. The van der Waals surface area contributed by atoms with Crippen molar-refractivity contribution in [3.63, 3.8) is 0 Å². The number of fused-ring (bicyclic) bond motifs is 1. The van der Waals surface area contributed by atoms with Gasteiger partial charge < -0.3 is 5.73 Å². The molecule has 1 aromatic heterocycles. The molecule has 0 unspecified atom stereocenters. The molecule has 0 fully saturated rings. The first-order valence-corrected chi connectivity index (χ1v) is 6.38. The number of halogens is 1. The highest BCUT2D eigenvalue weighted by Gasteiger charge is 2.12. The number of rotatable bonds is 1. The Bertz CT molecular complexity index is 734. The van der Waals surface area contributed by atoms with Crippen LogP contribution in [0, 0.1) is 12.7 Å². The van der Waals surface area contributed by atoms with Crippen molar-refractivity contribution in [1.82, 2.24) is 4.98 Å². The zero-order valence-electron chi connectivity index (χ0n) is 9.77. The Morgan fingerprint density at radius 2 is 2.06 bits per heavy atom. The van der Waals surface area contributed by atoms with Crippen molar-refractivity contribution in [1.29, 1.82) is 0 Å². The molecule has 2 aromatic carbocycles. The summed E-state index contributed by atoms with van der Waals surface area (Å²) in [7, 11) is 0. The minimum Gasteiger partial charge on any atom is -0.399 e. The molecule has 1 heterocycles. The van der Waals surface area contributed by atoms with E-state index in [0.29, 0.717) is 16.3 Å². The van der Waals surface area contributed by atoms with Gasteiger partial charge in [-0.15, -0.1) is 11.3 Å². The first kappa shape index (κ1) is 11.2. The highest BCUT2D eigenvalue weighted by Crippen LogP contribution is 2.33. The van der Waals surface area contributed by atoms with Crippen molar-refractivity contribution < 1.29 is 4.39 Å². The lowest BCUT2D eigenvalue weighted by Gasteiger charge is -1.99. The third-order valence-electron chi connectivity index (χ3n) is 2.84. The van der Waals surface area contributed by atoms with Gasteiger partial charge in [-0.3, -0.25) is 0 Å². The Kier molecular flexibility index (Phi) is 2.52. The van der Waals surface area contributed by atoms with E-state index in [1.54, 1.807) is 12.1 Å². The van der Waals surface area contributed by atoms with E-state index in [1.807, 2.05) is 25.1 Å². The van der Waals surface area contributed by atoms with Crippen LogP contribution < -0.4 is 5.73 Å². The fraction of sp³-hybridized carbons (Fsp3) is 0.0714. The quantitative estimate of drug-likeness (QED) is 0.670. The monoisotopic (exact) mass is 258 g/mol. The van der Waals surface area contributed by atoms with Gasteiger partial charge in [-0.25, -0.2) is 9.37 Å². The van der Waals surface area contributed by atoms with Crippen LogP contribution in [0.1, 0.15) is 5.56 Å². The predicted molar refractivity (Wildman–Crippen MR) is 74.2 cm³/mol. The number of benzene rings is 2. The van der Waals surface area contributed by atoms with Crippen LogP contribution in [-0.4, -0.2) is 4.98 Å². The zero-order chi connectivity index (χ0) is 12.7. The first-order valence-electron chi connectivity index (χ1n) is 5.57. The molecule has 0 aliphatic rings. The number of thiazole rings is 1. The summed E-state index contributed by atoms with van der Waals surface area (Å²) in [5, 5.41) is 0.670. The summed E-state index contributed by atoms with van der Waals surface area (Å²) in [6, 6.07) is 10.5. The summed E-state index contributed by atoms with van der Waals surface area (Å²) in [6.07, 6.45) is 0. The number of aryl methyl sites for hydroxylation is 1. The molecule has 18 heavy (non-hydrogen) atoms. The van der Waals surface area contributed by atoms with Gasteiger partial charge in [0.15, 0.2) is 0 Å². The minimum atomic E-state index is -0.291.